The highest BCUT2D eigenvalue weighted by molar-refractivity contribution is 4.91. The number of hydrogen-bond acceptors (Lipinski definition) is 3. The maximum atomic E-state index is 8.69. The van der Waals surface area contributed by atoms with Gasteiger partial charge in [0, 0.05) is 13.1 Å². The summed E-state index contributed by atoms with van der Waals surface area (Å²) in [5.41, 5.74) is 0. The van der Waals surface area contributed by atoms with Crippen molar-refractivity contribution in [2.24, 2.45) is 5.92 Å². The van der Waals surface area contributed by atoms with Crippen LogP contribution in [0, 0.1) is 17.2 Å². The van der Waals surface area contributed by atoms with Gasteiger partial charge >= 0.3 is 0 Å². The zero-order valence-electron chi connectivity index (χ0n) is 7.88. The molecule has 1 fully saturated rings. The van der Waals surface area contributed by atoms with E-state index < -0.39 is 0 Å². The standard InChI is InChI=1S/C9H17N3/c1-11-9(5-10)7-12(2)6-8-3-4-8/h8-9,11H,3-4,6-7H2,1-2H3. The first-order valence-corrected chi connectivity index (χ1v) is 4.51. The fraction of sp³-hybridized carbons (Fsp3) is 0.889. The summed E-state index contributed by atoms with van der Waals surface area (Å²) in [6.07, 6.45) is 2.75. The van der Waals surface area contributed by atoms with Crippen molar-refractivity contribution in [3.8, 4) is 6.07 Å². The lowest BCUT2D eigenvalue weighted by molar-refractivity contribution is 0.304. The van der Waals surface area contributed by atoms with Gasteiger partial charge in [-0.25, -0.2) is 0 Å². The summed E-state index contributed by atoms with van der Waals surface area (Å²) in [5, 5.41) is 11.7. The molecule has 0 aromatic carbocycles. The van der Waals surface area contributed by atoms with Gasteiger partial charge < -0.3 is 10.2 Å². The lowest BCUT2D eigenvalue weighted by atomic mass is 10.3. The van der Waals surface area contributed by atoms with E-state index in [9.17, 15) is 0 Å². The van der Waals surface area contributed by atoms with Gasteiger partial charge in [0.1, 0.15) is 6.04 Å². The minimum atomic E-state index is -0.0197. The molecule has 0 bridgehead atoms. The van der Waals surface area contributed by atoms with Crippen LogP contribution in [0.5, 0.6) is 0 Å². The molecule has 0 saturated heterocycles. The maximum absolute atomic E-state index is 8.69. The van der Waals surface area contributed by atoms with E-state index in [2.05, 4.69) is 23.3 Å². The highest BCUT2D eigenvalue weighted by Crippen LogP contribution is 2.29. The van der Waals surface area contributed by atoms with Crippen molar-refractivity contribution in [2.75, 3.05) is 27.2 Å². The molecule has 0 aromatic heterocycles. The van der Waals surface area contributed by atoms with Crippen LogP contribution in [0.1, 0.15) is 12.8 Å². The van der Waals surface area contributed by atoms with Crippen molar-refractivity contribution in [1.82, 2.24) is 10.2 Å². The molecular formula is C9H17N3. The monoisotopic (exact) mass is 167 g/mol. The molecule has 0 radical (unpaired) electrons. The van der Waals surface area contributed by atoms with Crippen LogP contribution in [0.25, 0.3) is 0 Å². The third-order valence-electron chi connectivity index (χ3n) is 2.27. The number of nitrogens with zero attached hydrogens (tertiary/aromatic N) is 2. The Kier molecular flexibility index (Phi) is 3.51. The summed E-state index contributed by atoms with van der Waals surface area (Å²) in [7, 11) is 3.92. The van der Waals surface area contributed by atoms with E-state index in [1.54, 1.807) is 0 Å². The van der Waals surface area contributed by atoms with Gasteiger partial charge in [0.15, 0.2) is 0 Å². The molecule has 1 rings (SSSR count). The fourth-order valence-electron chi connectivity index (χ4n) is 1.32. The van der Waals surface area contributed by atoms with Gasteiger partial charge in [-0.1, -0.05) is 0 Å². The van der Waals surface area contributed by atoms with Crippen LogP contribution in [-0.4, -0.2) is 38.1 Å². The van der Waals surface area contributed by atoms with Crippen LogP contribution < -0.4 is 5.32 Å². The van der Waals surface area contributed by atoms with Gasteiger partial charge in [0.25, 0.3) is 0 Å². The topological polar surface area (TPSA) is 39.1 Å². The van der Waals surface area contributed by atoms with Gasteiger partial charge in [-0.2, -0.15) is 5.26 Å². The molecule has 3 heteroatoms. The number of hydrogen-bond donors (Lipinski definition) is 1. The largest absolute Gasteiger partial charge is 0.304 e. The number of likely N-dealkylation sites (N-methyl/N-ethyl adjacent to an activating group) is 2. The first-order chi connectivity index (χ1) is 5.76. The van der Waals surface area contributed by atoms with Gasteiger partial charge in [-0.05, 0) is 32.9 Å². The first kappa shape index (κ1) is 9.50. The molecule has 3 nitrogen and oxygen atoms in total. The molecule has 0 aromatic rings. The van der Waals surface area contributed by atoms with Crippen LogP contribution in [0.4, 0.5) is 0 Å². The van der Waals surface area contributed by atoms with Crippen LogP contribution >= 0.6 is 0 Å². The molecule has 0 aliphatic heterocycles. The summed E-state index contributed by atoms with van der Waals surface area (Å²) >= 11 is 0. The average Bonchev–Trinajstić information content (AvgIpc) is 2.84. The van der Waals surface area contributed by atoms with Crippen molar-refractivity contribution in [3.63, 3.8) is 0 Å². The smallest absolute Gasteiger partial charge is 0.108 e. The molecule has 12 heavy (non-hydrogen) atoms. The fourth-order valence-corrected chi connectivity index (χ4v) is 1.32. The molecule has 1 atom stereocenters. The molecule has 0 heterocycles. The van der Waals surface area contributed by atoms with E-state index in [0.29, 0.717) is 0 Å². The predicted molar refractivity (Wildman–Crippen MR) is 48.7 cm³/mol. The second kappa shape index (κ2) is 4.44. The normalized spacial score (nSPS) is 19.2. The Morgan fingerprint density at radius 3 is 2.75 bits per heavy atom. The third-order valence-corrected chi connectivity index (χ3v) is 2.27. The Bertz CT molecular complexity index is 169. The second-order valence-corrected chi connectivity index (χ2v) is 3.63. The Balaban J connectivity index is 2.14. The Hall–Kier alpha value is -0.590. The Morgan fingerprint density at radius 2 is 2.33 bits per heavy atom. The molecule has 1 saturated carbocycles. The van der Waals surface area contributed by atoms with Crippen LogP contribution in [0.15, 0.2) is 0 Å². The molecule has 1 aliphatic rings. The van der Waals surface area contributed by atoms with E-state index in [1.165, 1.54) is 12.8 Å². The molecular weight excluding hydrogens is 150 g/mol. The average molecular weight is 167 g/mol. The van der Waals surface area contributed by atoms with Crippen molar-refractivity contribution in [3.05, 3.63) is 0 Å². The van der Waals surface area contributed by atoms with E-state index in [-0.39, 0.29) is 6.04 Å². The predicted octanol–water partition coefficient (Wildman–Crippen LogP) is 0.440. The molecule has 0 amide bonds. The minimum Gasteiger partial charge on any atom is -0.304 e. The van der Waals surface area contributed by atoms with E-state index in [0.717, 1.165) is 19.0 Å². The lowest BCUT2D eigenvalue weighted by Crippen LogP contribution is -2.37. The van der Waals surface area contributed by atoms with Gasteiger partial charge in [0.05, 0.1) is 6.07 Å². The molecule has 0 spiro atoms. The lowest BCUT2D eigenvalue weighted by Gasteiger charge is -2.18. The van der Waals surface area contributed by atoms with Crippen LogP contribution in [0.2, 0.25) is 0 Å². The highest BCUT2D eigenvalue weighted by atomic mass is 15.1. The molecule has 1 N–H and O–H groups in total. The van der Waals surface area contributed by atoms with Gasteiger partial charge in [-0.3, -0.25) is 0 Å². The van der Waals surface area contributed by atoms with Crippen molar-refractivity contribution in [1.29, 1.82) is 5.26 Å². The Morgan fingerprint density at radius 1 is 1.67 bits per heavy atom. The summed E-state index contributed by atoms with van der Waals surface area (Å²) < 4.78 is 0. The van der Waals surface area contributed by atoms with E-state index >= 15 is 0 Å². The van der Waals surface area contributed by atoms with Crippen molar-refractivity contribution < 1.29 is 0 Å². The van der Waals surface area contributed by atoms with Crippen molar-refractivity contribution in [2.45, 2.75) is 18.9 Å². The number of rotatable bonds is 5. The summed E-state index contributed by atoms with van der Waals surface area (Å²) in [6, 6.07) is 2.20. The van der Waals surface area contributed by atoms with E-state index in [1.807, 2.05) is 7.05 Å². The van der Waals surface area contributed by atoms with Gasteiger partial charge in [-0.15, -0.1) is 0 Å². The number of nitrogens with one attached hydrogen (secondary N) is 1. The molecule has 1 unspecified atom stereocenters. The second-order valence-electron chi connectivity index (χ2n) is 3.63. The summed E-state index contributed by atoms with van der Waals surface area (Å²) in [6.45, 7) is 1.99. The van der Waals surface area contributed by atoms with Crippen molar-refractivity contribution >= 4 is 0 Å². The third kappa shape index (κ3) is 3.21. The highest BCUT2D eigenvalue weighted by Gasteiger charge is 2.23. The SMILES string of the molecule is CNC(C#N)CN(C)CC1CC1. The zero-order valence-corrected chi connectivity index (χ0v) is 7.88. The summed E-state index contributed by atoms with van der Waals surface area (Å²) in [5.74, 6) is 0.909. The van der Waals surface area contributed by atoms with E-state index in [4.69, 9.17) is 5.26 Å². The van der Waals surface area contributed by atoms with Crippen LogP contribution in [-0.2, 0) is 0 Å². The van der Waals surface area contributed by atoms with Crippen LogP contribution in [0.3, 0.4) is 0 Å². The first-order valence-electron chi connectivity index (χ1n) is 4.51. The summed E-state index contributed by atoms with van der Waals surface area (Å²) in [4.78, 5) is 2.24. The number of nitriles is 1. The quantitative estimate of drug-likeness (QED) is 0.646. The maximum Gasteiger partial charge on any atom is 0.108 e. The Labute approximate surface area is 74.4 Å². The molecule has 1 aliphatic carbocycles. The molecule has 68 valence electrons. The minimum absolute atomic E-state index is 0.0197. The van der Waals surface area contributed by atoms with Gasteiger partial charge in [0.2, 0.25) is 0 Å². The zero-order chi connectivity index (χ0) is 8.97.